The van der Waals surface area contributed by atoms with Gasteiger partial charge < -0.3 is 3.96 Å². The van der Waals surface area contributed by atoms with Gasteiger partial charge in [0.25, 0.3) is 0 Å². The summed E-state index contributed by atoms with van der Waals surface area (Å²) in [6, 6.07) is 1.63. The van der Waals surface area contributed by atoms with E-state index in [4.69, 9.17) is 11.6 Å². The highest BCUT2D eigenvalue weighted by atomic mass is 35.5. The van der Waals surface area contributed by atoms with Gasteiger partial charge in [-0.1, -0.05) is 11.6 Å². The molecule has 0 atom stereocenters. The first kappa shape index (κ1) is 5.65. The molecule has 0 aliphatic heterocycles. The Bertz CT molecular complexity index is 171. The van der Waals surface area contributed by atoms with Crippen LogP contribution in [0, 0.1) is 0 Å². The zero-order valence-electron chi connectivity index (χ0n) is 3.80. The van der Waals surface area contributed by atoms with Crippen molar-refractivity contribution in [3.8, 4) is 0 Å². The average Bonchev–Trinajstić information content (AvgIpc) is 1.94. The summed E-state index contributed by atoms with van der Waals surface area (Å²) < 4.78 is 4.57. The lowest BCUT2D eigenvalue weighted by Gasteiger charge is -1.69. The van der Waals surface area contributed by atoms with Crippen molar-refractivity contribution in [1.29, 1.82) is 0 Å². The largest absolute Gasteiger partial charge is 0.304 e. The second-order valence-electron chi connectivity index (χ2n) is 1.01. The summed E-state index contributed by atoms with van der Waals surface area (Å²) in [5.41, 5.74) is 0. The molecular formula is C3H3ClN2OS. The summed E-state index contributed by atoms with van der Waals surface area (Å²) in [6.45, 7) is 0. The number of H-pyrrole nitrogens is 1. The Balaban J connectivity index is 3.12. The Hall–Kier alpha value is -0.480. The maximum atomic E-state index is 5.43. The maximum absolute atomic E-state index is 5.43. The van der Waals surface area contributed by atoms with Crippen molar-refractivity contribution in [3.05, 3.63) is 16.6 Å². The van der Waals surface area contributed by atoms with Crippen molar-refractivity contribution in [1.82, 2.24) is 10.4 Å². The van der Waals surface area contributed by atoms with Crippen molar-refractivity contribution >= 4 is 23.2 Å². The van der Waals surface area contributed by atoms with Crippen LogP contribution in [0.3, 0.4) is 0 Å². The van der Waals surface area contributed by atoms with E-state index in [2.05, 4.69) is 14.3 Å². The third-order valence-corrected chi connectivity index (χ3v) is 1.13. The van der Waals surface area contributed by atoms with Gasteiger partial charge in [-0.15, -0.1) is 10.4 Å². The number of nitrogens with one attached hydrogen (secondary N) is 1. The normalized spacial score (nSPS) is 8.62. The highest BCUT2D eigenvalue weighted by molar-refractivity contribution is 7.00. The molecule has 44 valence electrons. The van der Waals surface area contributed by atoms with Crippen LogP contribution in [0.4, 0.5) is 0 Å². The van der Waals surface area contributed by atoms with Crippen molar-refractivity contribution < 1.29 is 3.96 Å². The van der Waals surface area contributed by atoms with E-state index < -0.39 is 0 Å². The first-order valence-electron chi connectivity index (χ1n) is 1.86. The topological polar surface area (TPSA) is 41.8 Å². The molecule has 0 fully saturated rings. The van der Waals surface area contributed by atoms with Crippen molar-refractivity contribution in [2.75, 3.05) is 0 Å². The molecule has 8 heavy (non-hydrogen) atoms. The van der Waals surface area contributed by atoms with Gasteiger partial charge >= 0.3 is 0 Å². The minimum absolute atomic E-state index is 0.384. The third-order valence-electron chi connectivity index (χ3n) is 0.499. The number of nitrogens with zero attached hydrogens (tertiary/aromatic N) is 1. The van der Waals surface area contributed by atoms with E-state index in [9.17, 15) is 0 Å². The smallest absolute Gasteiger partial charge is 0.153 e. The van der Waals surface area contributed by atoms with E-state index >= 15 is 0 Å². The van der Waals surface area contributed by atoms with Crippen LogP contribution in [0.15, 0.2) is 15.4 Å². The SMILES string of the molecule is Clc1ccso[nH]n1. The van der Waals surface area contributed by atoms with Crippen LogP contribution in [0.1, 0.15) is 0 Å². The molecule has 1 N–H and O–H groups in total. The molecule has 0 bridgehead atoms. The van der Waals surface area contributed by atoms with Gasteiger partial charge in [-0.2, -0.15) is 0 Å². The first-order valence-corrected chi connectivity index (χ1v) is 3.05. The van der Waals surface area contributed by atoms with E-state index in [0.29, 0.717) is 5.15 Å². The number of aromatic nitrogens is 2. The number of rotatable bonds is 0. The van der Waals surface area contributed by atoms with Gasteiger partial charge in [0.1, 0.15) is 0 Å². The third kappa shape index (κ3) is 1.55. The fraction of sp³-hybridized carbons (Fsp3) is 0. The monoisotopic (exact) mass is 150 g/mol. The molecule has 3 nitrogen and oxygen atoms in total. The highest BCUT2D eigenvalue weighted by Gasteiger charge is 1.77. The summed E-state index contributed by atoms with van der Waals surface area (Å²) in [7, 11) is 0. The van der Waals surface area contributed by atoms with Crippen molar-refractivity contribution in [3.63, 3.8) is 0 Å². The van der Waals surface area contributed by atoms with Crippen LogP contribution in [-0.2, 0) is 0 Å². The van der Waals surface area contributed by atoms with Gasteiger partial charge in [-0.3, -0.25) is 0 Å². The van der Waals surface area contributed by atoms with E-state index in [1.54, 1.807) is 11.4 Å². The van der Waals surface area contributed by atoms with Gasteiger partial charge in [0, 0.05) is 5.38 Å². The Labute approximate surface area is 54.8 Å². The van der Waals surface area contributed by atoms with E-state index in [1.807, 2.05) is 0 Å². The highest BCUT2D eigenvalue weighted by Crippen LogP contribution is 1.98. The minimum Gasteiger partial charge on any atom is -0.304 e. The maximum Gasteiger partial charge on any atom is 0.153 e. The molecule has 0 aliphatic rings. The standard InChI is InChI=1S/C3H3ClN2OS/c4-3-1-2-8-7-6-5-3/h1-2,6H. The number of halogens is 1. The van der Waals surface area contributed by atoms with Crippen LogP contribution in [0.2, 0.25) is 5.15 Å². The van der Waals surface area contributed by atoms with Gasteiger partial charge in [-0.05, 0) is 6.07 Å². The molecule has 0 saturated carbocycles. The molecule has 1 heterocycles. The van der Waals surface area contributed by atoms with Crippen LogP contribution >= 0.6 is 23.2 Å². The molecule has 0 aliphatic carbocycles. The second kappa shape index (κ2) is 2.74. The Morgan fingerprint density at radius 1 is 1.88 bits per heavy atom. The quantitative estimate of drug-likeness (QED) is 0.613. The molecule has 1 aromatic rings. The molecule has 0 spiro atoms. The van der Waals surface area contributed by atoms with Gasteiger partial charge in [0.05, 0.1) is 11.6 Å². The van der Waals surface area contributed by atoms with E-state index in [1.165, 1.54) is 0 Å². The molecule has 0 amide bonds. The summed E-state index contributed by atoms with van der Waals surface area (Å²) in [5.74, 6) is 0. The summed E-state index contributed by atoms with van der Waals surface area (Å²) in [6.07, 6.45) is 0. The van der Waals surface area contributed by atoms with Gasteiger partial charge in [0.15, 0.2) is 5.15 Å². The molecule has 1 rings (SSSR count). The Morgan fingerprint density at radius 3 is 3.62 bits per heavy atom. The number of aromatic amines is 1. The Morgan fingerprint density at radius 2 is 2.75 bits per heavy atom. The Kier molecular flexibility index (Phi) is 1.93. The zero-order chi connectivity index (χ0) is 5.82. The fourth-order valence-corrected chi connectivity index (χ4v) is 0.725. The van der Waals surface area contributed by atoms with Crippen molar-refractivity contribution in [2.24, 2.45) is 0 Å². The molecule has 0 saturated heterocycles. The lowest BCUT2D eigenvalue weighted by molar-refractivity contribution is 0.458. The lowest BCUT2D eigenvalue weighted by atomic mass is 10.8. The minimum atomic E-state index is 0.384. The molecule has 1 aromatic heterocycles. The first-order chi connectivity index (χ1) is 3.89. The number of hydrogen-bond acceptors (Lipinski definition) is 3. The van der Waals surface area contributed by atoms with Crippen LogP contribution in [0.25, 0.3) is 0 Å². The van der Waals surface area contributed by atoms with Gasteiger partial charge in [0.2, 0.25) is 0 Å². The van der Waals surface area contributed by atoms with E-state index in [-0.39, 0.29) is 0 Å². The summed E-state index contributed by atoms with van der Waals surface area (Å²) in [4.78, 5) is 0. The van der Waals surface area contributed by atoms with Crippen LogP contribution in [-0.4, -0.2) is 10.4 Å². The predicted molar refractivity (Wildman–Crippen MR) is 31.4 cm³/mol. The summed E-state index contributed by atoms with van der Waals surface area (Å²) >= 11 is 6.56. The van der Waals surface area contributed by atoms with Crippen molar-refractivity contribution in [2.45, 2.75) is 0 Å². The zero-order valence-corrected chi connectivity index (χ0v) is 5.37. The molecule has 0 aromatic carbocycles. The number of hydrogen-bond donors (Lipinski definition) is 1. The molecule has 0 radical (unpaired) electrons. The molecule has 5 heteroatoms. The lowest BCUT2D eigenvalue weighted by Crippen LogP contribution is -1.67. The second-order valence-corrected chi connectivity index (χ2v) is 2.03. The predicted octanol–water partition coefficient (Wildman–Crippen LogP) is 1.84. The van der Waals surface area contributed by atoms with Crippen LogP contribution < -0.4 is 0 Å². The fourth-order valence-electron chi connectivity index (χ4n) is 0.233. The van der Waals surface area contributed by atoms with E-state index in [0.717, 1.165) is 11.6 Å². The van der Waals surface area contributed by atoms with Crippen LogP contribution in [0.5, 0.6) is 0 Å². The summed E-state index contributed by atoms with van der Waals surface area (Å²) in [5, 5.41) is 7.85. The molecule has 0 unspecified atom stereocenters. The van der Waals surface area contributed by atoms with Gasteiger partial charge in [-0.25, -0.2) is 0 Å². The average molecular weight is 151 g/mol. The molecular weight excluding hydrogens is 148 g/mol.